The van der Waals surface area contributed by atoms with Gasteiger partial charge in [-0.05, 0) is 49.7 Å². The number of aryl methyl sites for hydroxylation is 2. The summed E-state index contributed by atoms with van der Waals surface area (Å²) < 4.78 is 21.5. The second-order valence-electron chi connectivity index (χ2n) is 11.4. The summed E-state index contributed by atoms with van der Waals surface area (Å²) in [6.07, 6.45) is 11.3. The molecule has 0 spiro atoms. The van der Waals surface area contributed by atoms with Crippen molar-refractivity contribution >= 4 is 16.8 Å². The van der Waals surface area contributed by atoms with Gasteiger partial charge in [0.2, 0.25) is 5.78 Å². The molecule has 3 heterocycles. The van der Waals surface area contributed by atoms with Crippen molar-refractivity contribution in [2.75, 3.05) is 0 Å². The predicted molar refractivity (Wildman–Crippen MR) is 174 cm³/mol. The number of rotatable bonds is 16. The highest BCUT2D eigenvalue weighted by atomic mass is 16.5. The number of benzene rings is 3. The van der Waals surface area contributed by atoms with E-state index in [-0.39, 0.29) is 12.4 Å². The van der Waals surface area contributed by atoms with Gasteiger partial charge in [0.05, 0.1) is 18.1 Å². The van der Waals surface area contributed by atoms with Crippen molar-refractivity contribution in [1.29, 1.82) is 0 Å². The average Bonchev–Trinajstić information content (AvgIpc) is 3.84. The Kier molecular flexibility index (Phi) is 9.82. The summed E-state index contributed by atoms with van der Waals surface area (Å²) in [6, 6.07) is 22.3. The van der Waals surface area contributed by atoms with Crippen LogP contribution in [-0.2, 0) is 19.8 Å². The van der Waals surface area contributed by atoms with E-state index in [9.17, 15) is 4.79 Å². The molecular formula is C36H38N6O4. The summed E-state index contributed by atoms with van der Waals surface area (Å²) >= 11 is 0. The number of unbranched alkanes of at least 4 members (excludes halogenated alkanes) is 5. The van der Waals surface area contributed by atoms with Crippen molar-refractivity contribution < 1.29 is 18.7 Å². The van der Waals surface area contributed by atoms with Crippen LogP contribution in [0.1, 0.15) is 78.5 Å². The molecule has 6 aromatic rings. The Morgan fingerprint density at radius 1 is 0.783 bits per heavy atom. The lowest BCUT2D eigenvalue weighted by molar-refractivity contribution is 0.101. The average molecular weight is 619 g/mol. The van der Waals surface area contributed by atoms with E-state index in [1.165, 1.54) is 32.1 Å². The number of furan rings is 1. The molecule has 0 aliphatic rings. The maximum Gasteiger partial charge on any atom is 0.228 e. The summed E-state index contributed by atoms with van der Waals surface area (Å²) in [6.45, 7) is 5.59. The summed E-state index contributed by atoms with van der Waals surface area (Å²) in [5.74, 6) is 1.54. The molecule has 0 saturated carbocycles. The van der Waals surface area contributed by atoms with Gasteiger partial charge in [0.15, 0.2) is 5.76 Å². The number of ketones is 1. The third-order valence-corrected chi connectivity index (χ3v) is 7.89. The number of hydrogen-bond acceptors (Lipinski definition) is 8. The van der Waals surface area contributed by atoms with Gasteiger partial charge in [0.25, 0.3) is 0 Å². The Balaban J connectivity index is 0.994. The van der Waals surface area contributed by atoms with Gasteiger partial charge in [-0.1, -0.05) is 79.8 Å². The maximum absolute atomic E-state index is 13.0. The van der Waals surface area contributed by atoms with E-state index in [1.807, 2.05) is 78.6 Å². The van der Waals surface area contributed by atoms with Crippen LogP contribution in [0.4, 0.5) is 0 Å². The van der Waals surface area contributed by atoms with Crippen molar-refractivity contribution in [3.05, 3.63) is 113 Å². The highest BCUT2D eigenvalue weighted by Gasteiger charge is 2.19. The van der Waals surface area contributed by atoms with Crippen LogP contribution < -0.4 is 9.47 Å². The van der Waals surface area contributed by atoms with Crippen LogP contribution in [0.5, 0.6) is 11.5 Å². The van der Waals surface area contributed by atoms with Crippen LogP contribution in [0, 0.1) is 6.92 Å². The molecule has 0 bridgehead atoms. The number of carbonyl (C=O) groups is 1. The van der Waals surface area contributed by atoms with Crippen LogP contribution in [0.25, 0.3) is 16.7 Å². The molecule has 0 unspecified atom stereocenters. The zero-order chi connectivity index (χ0) is 31.7. The minimum atomic E-state index is -0.143. The van der Waals surface area contributed by atoms with E-state index in [4.69, 9.17) is 13.9 Å². The molecule has 3 aromatic heterocycles. The zero-order valence-electron chi connectivity index (χ0n) is 26.3. The highest BCUT2D eigenvalue weighted by Crippen LogP contribution is 2.30. The Hall–Kier alpha value is -5.25. The van der Waals surface area contributed by atoms with Crippen LogP contribution in [0.3, 0.4) is 0 Å². The Morgan fingerprint density at radius 2 is 1.48 bits per heavy atom. The monoisotopic (exact) mass is 618 g/mol. The van der Waals surface area contributed by atoms with E-state index in [2.05, 4.69) is 27.5 Å². The number of hydrogen-bond donors (Lipinski definition) is 0. The van der Waals surface area contributed by atoms with E-state index in [1.54, 1.807) is 22.9 Å². The van der Waals surface area contributed by atoms with Crippen LogP contribution in [-0.4, -0.2) is 35.8 Å². The first-order valence-electron chi connectivity index (χ1n) is 15.9. The first-order chi connectivity index (χ1) is 22.6. The van der Waals surface area contributed by atoms with Gasteiger partial charge in [-0.2, -0.15) is 0 Å². The number of aromatic nitrogens is 6. The van der Waals surface area contributed by atoms with E-state index in [0.717, 1.165) is 41.0 Å². The molecule has 6 rings (SSSR count). The molecule has 0 radical (unpaired) electrons. The molecule has 236 valence electrons. The Morgan fingerprint density at radius 3 is 2.28 bits per heavy atom. The predicted octanol–water partition coefficient (Wildman–Crippen LogP) is 7.66. The Bertz CT molecular complexity index is 1870. The SMILES string of the molecule is CCCCCCCCn1cc(COc2ccc(-n3cc(COc4ccc5c(C)c(C(=O)c6ccccc6)oc5c4)nn3)cc2)nn1. The molecule has 0 saturated heterocycles. The lowest BCUT2D eigenvalue weighted by Crippen LogP contribution is -2.00. The fourth-order valence-electron chi connectivity index (χ4n) is 5.30. The zero-order valence-corrected chi connectivity index (χ0v) is 26.3. The molecule has 10 nitrogen and oxygen atoms in total. The first-order valence-corrected chi connectivity index (χ1v) is 15.9. The summed E-state index contributed by atoms with van der Waals surface area (Å²) in [5, 5.41) is 17.9. The second kappa shape index (κ2) is 14.7. The Labute approximate surface area is 267 Å². The fraction of sp³-hybridized carbons (Fsp3) is 0.306. The third-order valence-electron chi connectivity index (χ3n) is 7.89. The number of ether oxygens (including phenoxy) is 2. The molecule has 0 amide bonds. The fourth-order valence-corrected chi connectivity index (χ4v) is 5.30. The van der Waals surface area contributed by atoms with Gasteiger partial charge < -0.3 is 13.9 Å². The van der Waals surface area contributed by atoms with Gasteiger partial charge in [-0.3, -0.25) is 9.48 Å². The second-order valence-corrected chi connectivity index (χ2v) is 11.4. The minimum absolute atomic E-state index is 0.143. The quantitative estimate of drug-likeness (QED) is 0.0803. The minimum Gasteiger partial charge on any atom is -0.487 e. The van der Waals surface area contributed by atoms with Crippen LogP contribution >= 0.6 is 0 Å². The lowest BCUT2D eigenvalue weighted by atomic mass is 10.0. The summed E-state index contributed by atoms with van der Waals surface area (Å²) in [5.41, 5.74) is 4.31. The van der Waals surface area contributed by atoms with Gasteiger partial charge >= 0.3 is 0 Å². The van der Waals surface area contributed by atoms with E-state index < -0.39 is 0 Å². The lowest BCUT2D eigenvalue weighted by Gasteiger charge is -2.05. The largest absolute Gasteiger partial charge is 0.487 e. The first kappa shape index (κ1) is 30.8. The topological polar surface area (TPSA) is 110 Å². The molecule has 46 heavy (non-hydrogen) atoms. The van der Waals surface area contributed by atoms with Crippen molar-refractivity contribution in [3.8, 4) is 17.2 Å². The number of fused-ring (bicyclic) bond motifs is 1. The molecule has 0 N–H and O–H groups in total. The summed E-state index contributed by atoms with van der Waals surface area (Å²) in [7, 11) is 0. The molecule has 0 atom stereocenters. The standard InChI is InChI=1S/C36H38N6O4/c1-3-4-5-6-7-11-20-41-22-28(37-39-41)24-44-31-16-14-30(15-17-31)42-23-29(38-40-42)25-45-32-18-19-33-26(2)36(46-34(33)21-32)35(43)27-12-9-8-10-13-27/h8-10,12-19,21-23H,3-7,11,20,24-25H2,1-2H3. The van der Waals surface area contributed by atoms with E-state index >= 15 is 0 Å². The molecule has 3 aromatic carbocycles. The normalized spacial score (nSPS) is 11.3. The maximum atomic E-state index is 13.0. The van der Waals surface area contributed by atoms with Crippen LogP contribution in [0.2, 0.25) is 0 Å². The number of carbonyl (C=O) groups excluding carboxylic acids is 1. The molecule has 0 aliphatic carbocycles. The van der Waals surface area contributed by atoms with Gasteiger partial charge in [-0.15, -0.1) is 10.2 Å². The molecular weight excluding hydrogens is 580 g/mol. The molecule has 0 fully saturated rings. The van der Waals surface area contributed by atoms with Crippen molar-refractivity contribution in [2.45, 2.75) is 72.1 Å². The van der Waals surface area contributed by atoms with Crippen LogP contribution in [0.15, 0.2) is 89.6 Å². The van der Waals surface area contributed by atoms with Crippen molar-refractivity contribution in [2.24, 2.45) is 0 Å². The summed E-state index contributed by atoms with van der Waals surface area (Å²) in [4.78, 5) is 13.0. The van der Waals surface area contributed by atoms with Gasteiger partial charge in [-0.25, -0.2) is 4.68 Å². The third kappa shape index (κ3) is 7.51. The smallest absolute Gasteiger partial charge is 0.228 e. The van der Waals surface area contributed by atoms with E-state index in [0.29, 0.717) is 35.0 Å². The van der Waals surface area contributed by atoms with Gasteiger partial charge in [0.1, 0.15) is 41.7 Å². The molecule has 10 heteroatoms. The highest BCUT2D eigenvalue weighted by molar-refractivity contribution is 6.10. The van der Waals surface area contributed by atoms with Crippen molar-refractivity contribution in [1.82, 2.24) is 30.0 Å². The van der Waals surface area contributed by atoms with Gasteiger partial charge in [0, 0.05) is 29.1 Å². The van der Waals surface area contributed by atoms with Crippen molar-refractivity contribution in [3.63, 3.8) is 0 Å². The number of nitrogens with zero attached hydrogens (tertiary/aromatic N) is 6. The molecule has 0 aliphatic heterocycles.